The molecule has 0 atom stereocenters. The average molecular weight is 192 g/mol. The Balaban J connectivity index is 3.38. The zero-order chi connectivity index (χ0) is 9.52. The number of hydrogen-bond donors (Lipinski definition) is 1. The van der Waals surface area contributed by atoms with E-state index in [0.717, 1.165) is 6.92 Å². The summed E-state index contributed by atoms with van der Waals surface area (Å²) in [5.41, 5.74) is -0.400. The van der Waals surface area contributed by atoms with Crippen LogP contribution in [0.3, 0.4) is 0 Å². The second-order valence-electron chi connectivity index (χ2n) is 2.11. The highest BCUT2D eigenvalue weighted by molar-refractivity contribution is 7.91. The topological polar surface area (TPSA) is 97.7 Å². The minimum absolute atomic E-state index is 0.400. The van der Waals surface area contributed by atoms with Crippen LogP contribution in [0.4, 0.5) is 0 Å². The molecule has 0 saturated heterocycles. The smallest absolute Gasteiger partial charge is 0.360 e. The number of carbonyl (C=O) groups excluding carboxylic acids is 2. The zero-order valence-electron chi connectivity index (χ0n) is 5.90. The highest BCUT2D eigenvalue weighted by Crippen LogP contribution is 2.20. The highest BCUT2D eigenvalue weighted by atomic mass is 32.2. The van der Waals surface area contributed by atoms with Crippen LogP contribution in [-0.4, -0.2) is 24.9 Å². The number of carbonyl (C=O) groups is 2. The van der Waals surface area contributed by atoms with Crippen molar-refractivity contribution in [1.29, 1.82) is 0 Å². The molecule has 0 fully saturated rings. The van der Waals surface area contributed by atoms with Gasteiger partial charge < -0.3 is 4.74 Å². The van der Waals surface area contributed by atoms with Gasteiger partial charge in [-0.15, -0.1) is 0 Å². The molecule has 7 heteroatoms. The van der Waals surface area contributed by atoms with E-state index in [4.69, 9.17) is 4.55 Å². The van der Waals surface area contributed by atoms with Gasteiger partial charge in [-0.2, -0.15) is 8.42 Å². The highest BCUT2D eigenvalue weighted by Gasteiger charge is 2.37. The molecule has 1 aliphatic rings. The van der Waals surface area contributed by atoms with Crippen molar-refractivity contribution in [2.75, 3.05) is 0 Å². The lowest BCUT2D eigenvalue weighted by atomic mass is 10.3. The fourth-order valence-electron chi connectivity index (χ4n) is 0.752. The van der Waals surface area contributed by atoms with E-state index in [1.54, 1.807) is 0 Å². The molecule has 1 aliphatic heterocycles. The lowest BCUT2D eigenvalue weighted by molar-refractivity contribution is -0.150. The molecular formula is C5H4O6S. The van der Waals surface area contributed by atoms with Gasteiger partial charge in [0.1, 0.15) is 0 Å². The molecule has 1 rings (SSSR count). The molecular weight excluding hydrogens is 188 g/mol. The largest absolute Gasteiger partial charge is 0.385 e. The van der Waals surface area contributed by atoms with Crippen LogP contribution in [0.1, 0.15) is 6.92 Å². The Morgan fingerprint density at radius 3 is 1.92 bits per heavy atom. The number of hydrogen-bond acceptors (Lipinski definition) is 5. The van der Waals surface area contributed by atoms with Crippen molar-refractivity contribution in [3.8, 4) is 0 Å². The van der Waals surface area contributed by atoms with E-state index in [1.807, 2.05) is 0 Å². The van der Waals surface area contributed by atoms with Gasteiger partial charge >= 0.3 is 22.1 Å². The molecule has 0 saturated carbocycles. The maximum Gasteiger partial charge on any atom is 0.360 e. The Kier molecular flexibility index (Phi) is 1.77. The van der Waals surface area contributed by atoms with Crippen molar-refractivity contribution >= 4 is 22.1 Å². The molecule has 0 spiro atoms. The maximum absolute atomic E-state index is 10.6. The predicted octanol–water partition coefficient (Wildman–Crippen LogP) is -0.768. The molecule has 0 unspecified atom stereocenters. The quantitative estimate of drug-likeness (QED) is 0.333. The van der Waals surface area contributed by atoms with Gasteiger partial charge in [-0.3, -0.25) is 4.55 Å². The SMILES string of the molecule is CC1=C(S(=O)(=O)O)C(=O)OC1=O. The fourth-order valence-corrected chi connectivity index (χ4v) is 1.47. The molecule has 66 valence electrons. The third-order valence-electron chi connectivity index (χ3n) is 1.28. The van der Waals surface area contributed by atoms with Crippen LogP contribution in [0, 0.1) is 0 Å². The summed E-state index contributed by atoms with van der Waals surface area (Å²) in [6.07, 6.45) is 0. The molecule has 0 radical (unpaired) electrons. The Labute approximate surface area is 67.6 Å². The van der Waals surface area contributed by atoms with Gasteiger partial charge in [0.25, 0.3) is 0 Å². The van der Waals surface area contributed by atoms with E-state index in [0.29, 0.717) is 0 Å². The Morgan fingerprint density at radius 2 is 1.75 bits per heavy atom. The van der Waals surface area contributed by atoms with Crippen LogP contribution >= 0.6 is 0 Å². The first-order valence-corrected chi connectivity index (χ1v) is 4.23. The van der Waals surface area contributed by atoms with Gasteiger partial charge in [0.2, 0.25) is 0 Å². The van der Waals surface area contributed by atoms with Gasteiger partial charge in [0.15, 0.2) is 4.91 Å². The zero-order valence-corrected chi connectivity index (χ0v) is 6.71. The second-order valence-corrected chi connectivity index (χ2v) is 3.46. The summed E-state index contributed by atoms with van der Waals surface area (Å²) in [4.78, 5) is 20.2. The van der Waals surface area contributed by atoms with Crippen molar-refractivity contribution in [1.82, 2.24) is 0 Å². The Hall–Kier alpha value is -1.21. The summed E-state index contributed by atoms with van der Waals surface area (Å²) in [5.74, 6) is -2.38. The van der Waals surface area contributed by atoms with E-state index < -0.39 is 32.5 Å². The van der Waals surface area contributed by atoms with E-state index in [9.17, 15) is 18.0 Å². The molecule has 6 nitrogen and oxygen atoms in total. The van der Waals surface area contributed by atoms with Gasteiger partial charge in [-0.05, 0) is 6.92 Å². The lowest BCUT2D eigenvalue weighted by Gasteiger charge is -1.91. The standard InChI is InChI=1S/C5H4O6S/c1-2-3(12(8,9)10)5(7)11-4(2)6/h1H3,(H,8,9,10). The van der Waals surface area contributed by atoms with Crippen molar-refractivity contribution in [2.45, 2.75) is 6.92 Å². The van der Waals surface area contributed by atoms with Crippen LogP contribution in [-0.2, 0) is 24.4 Å². The van der Waals surface area contributed by atoms with E-state index >= 15 is 0 Å². The summed E-state index contributed by atoms with van der Waals surface area (Å²) in [6.45, 7) is 1.08. The maximum atomic E-state index is 10.6. The number of cyclic esters (lactones) is 2. The molecule has 0 aliphatic carbocycles. The van der Waals surface area contributed by atoms with E-state index in [2.05, 4.69) is 4.74 Å². The summed E-state index contributed by atoms with van der Waals surface area (Å²) in [5, 5.41) is 0. The molecule has 0 aromatic rings. The first-order chi connectivity index (χ1) is 5.34. The second kappa shape index (κ2) is 2.39. The van der Waals surface area contributed by atoms with Gasteiger partial charge in [0.05, 0.1) is 5.57 Å². The number of rotatable bonds is 1. The molecule has 0 aromatic heterocycles. The van der Waals surface area contributed by atoms with Gasteiger partial charge in [0, 0.05) is 0 Å². The first-order valence-electron chi connectivity index (χ1n) is 2.79. The summed E-state index contributed by atoms with van der Waals surface area (Å²) < 4.78 is 33.2. The summed E-state index contributed by atoms with van der Waals surface area (Å²) in [6, 6.07) is 0. The predicted molar refractivity (Wildman–Crippen MR) is 35.3 cm³/mol. The molecule has 12 heavy (non-hydrogen) atoms. The molecule has 0 aromatic carbocycles. The van der Waals surface area contributed by atoms with Crippen LogP contribution in [0.25, 0.3) is 0 Å². The van der Waals surface area contributed by atoms with Crippen LogP contribution in [0.15, 0.2) is 10.5 Å². The van der Waals surface area contributed by atoms with Crippen molar-refractivity contribution in [3.05, 3.63) is 10.5 Å². The first kappa shape index (κ1) is 8.88. The Morgan fingerprint density at radius 1 is 1.25 bits per heavy atom. The van der Waals surface area contributed by atoms with E-state index in [-0.39, 0.29) is 0 Å². The number of ether oxygens (including phenoxy) is 1. The molecule has 0 bridgehead atoms. The van der Waals surface area contributed by atoms with Crippen LogP contribution in [0.2, 0.25) is 0 Å². The molecule has 1 N–H and O–H groups in total. The summed E-state index contributed by atoms with van der Waals surface area (Å²) in [7, 11) is -4.65. The number of esters is 2. The van der Waals surface area contributed by atoms with Gasteiger partial charge in [-0.25, -0.2) is 9.59 Å². The Bertz CT molecular complexity index is 386. The fraction of sp³-hybridized carbons (Fsp3) is 0.200. The van der Waals surface area contributed by atoms with Crippen molar-refractivity contribution < 1.29 is 27.3 Å². The third-order valence-corrected chi connectivity index (χ3v) is 2.26. The molecule has 1 heterocycles. The van der Waals surface area contributed by atoms with Crippen LogP contribution in [0.5, 0.6) is 0 Å². The average Bonchev–Trinajstić information content (AvgIpc) is 2.05. The normalized spacial score (nSPS) is 18.5. The minimum Gasteiger partial charge on any atom is -0.385 e. The van der Waals surface area contributed by atoms with E-state index in [1.165, 1.54) is 0 Å². The lowest BCUT2D eigenvalue weighted by Crippen LogP contribution is -2.10. The summed E-state index contributed by atoms with van der Waals surface area (Å²) >= 11 is 0. The molecule has 0 amide bonds. The van der Waals surface area contributed by atoms with Gasteiger partial charge in [-0.1, -0.05) is 0 Å². The van der Waals surface area contributed by atoms with Crippen LogP contribution < -0.4 is 0 Å². The van der Waals surface area contributed by atoms with Crippen molar-refractivity contribution in [3.63, 3.8) is 0 Å². The minimum atomic E-state index is -4.65. The van der Waals surface area contributed by atoms with Crippen molar-refractivity contribution in [2.24, 2.45) is 0 Å². The monoisotopic (exact) mass is 192 g/mol. The third kappa shape index (κ3) is 1.23.